The molecule has 0 spiro atoms. The molecular formula is C15H29N3O2. The van der Waals surface area contributed by atoms with E-state index in [9.17, 15) is 9.90 Å². The van der Waals surface area contributed by atoms with Crippen molar-refractivity contribution in [2.75, 3.05) is 39.3 Å². The van der Waals surface area contributed by atoms with Crippen LogP contribution < -0.4 is 5.32 Å². The summed E-state index contributed by atoms with van der Waals surface area (Å²) >= 11 is 0. The first-order valence-corrected chi connectivity index (χ1v) is 8.09. The zero-order chi connectivity index (χ0) is 14.4. The minimum absolute atomic E-state index is 0.125. The van der Waals surface area contributed by atoms with E-state index in [2.05, 4.69) is 22.0 Å². The number of piperidine rings is 2. The monoisotopic (exact) mass is 283 g/mol. The van der Waals surface area contributed by atoms with E-state index < -0.39 is 0 Å². The molecule has 116 valence electrons. The first kappa shape index (κ1) is 15.7. The van der Waals surface area contributed by atoms with Gasteiger partial charge in [0.15, 0.2) is 0 Å². The van der Waals surface area contributed by atoms with Crippen LogP contribution in [0.15, 0.2) is 0 Å². The zero-order valence-corrected chi connectivity index (χ0v) is 12.7. The van der Waals surface area contributed by atoms with Gasteiger partial charge in [-0.15, -0.1) is 0 Å². The Morgan fingerprint density at radius 3 is 2.60 bits per heavy atom. The van der Waals surface area contributed by atoms with Crippen LogP contribution in [-0.2, 0) is 4.79 Å². The second kappa shape index (κ2) is 7.96. The van der Waals surface area contributed by atoms with Crippen LogP contribution in [0.4, 0.5) is 0 Å². The van der Waals surface area contributed by atoms with Gasteiger partial charge in [-0.2, -0.15) is 0 Å². The lowest BCUT2D eigenvalue weighted by Gasteiger charge is -2.35. The van der Waals surface area contributed by atoms with Crippen LogP contribution in [-0.4, -0.2) is 72.2 Å². The standard InChI is InChI=1S/C15H29N3O2/c1-2-17-9-6-13(7-10-17)16-15(20)11-18-8-4-3-5-14(18)12-19/h13-14,19H,2-12H2,1H3,(H,16,20). The lowest BCUT2D eigenvalue weighted by atomic mass is 10.0. The molecule has 2 saturated heterocycles. The van der Waals surface area contributed by atoms with Gasteiger partial charge in [0.05, 0.1) is 13.2 Å². The van der Waals surface area contributed by atoms with Gasteiger partial charge < -0.3 is 15.3 Å². The van der Waals surface area contributed by atoms with E-state index in [-0.39, 0.29) is 18.6 Å². The van der Waals surface area contributed by atoms with Crippen LogP contribution in [0, 0.1) is 0 Å². The van der Waals surface area contributed by atoms with E-state index in [1.165, 1.54) is 6.42 Å². The van der Waals surface area contributed by atoms with Gasteiger partial charge in [-0.1, -0.05) is 13.3 Å². The summed E-state index contributed by atoms with van der Waals surface area (Å²) in [5, 5.41) is 12.5. The van der Waals surface area contributed by atoms with E-state index in [1.54, 1.807) is 0 Å². The summed E-state index contributed by atoms with van der Waals surface area (Å²) in [7, 11) is 0. The van der Waals surface area contributed by atoms with E-state index >= 15 is 0 Å². The quantitative estimate of drug-likeness (QED) is 0.768. The Kier molecular flexibility index (Phi) is 6.26. The number of nitrogens with zero attached hydrogens (tertiary/aromatic N) is 2. The summed E-state index contributed by atoms with van der Waals surface area (Å²) in [5.74, 6) is 0.125. The van der Waals surface area contributed by atoms with Crippen molar-refractivity contribution in [3.05, 3.63) is 0 Å². The predicted molar refractivity (Wildman–Crippen MR) is 79.6 cm³/mol. The Balaban J connectivity index is 1.72. The number of rotatable bonds is 5. The van der Waals surface area contributed by atoms with Crippen LogP contribution in [0.1, 0.15) is 39.0 Å². The number of carbonyl (C=O) groups excluding carboxylic acids is 1. The average molecular weight is 283 g/mol. The van der Waals surface area contributed by atoms with E-state index in [0.29, 0.717) is 12.6 Å². The minimum atomic E-state index is 0.125. The highest BCUT2D eigenvalue weighted by Gasteiger charge is 2.25. The molecule has 0 aromatic carbocycles. The average Bonchev–Trinajstić information content (AvgIpc) is 2.48. The third kappa shape index (κ3) is 4.43. The van der Waals surface area contributed by atoms with Crippen LogP contribution in [0.3, 0.4) is 0 Å². The van der Waals surface area contributed by atoms with Crippen molar-refractivity contribution in [3.63, 3.8) is 0 Å². The molecule has 2 fully saturated rings. The van der Waals surface area contributed by atoms with Gasteiger partial charge in [0, 0.05) is 25.2 Å². The Labute approximate surface area is 122 Å². The highest BCUT2D eigenvalue weighted by Crippen LogP contribution is 2.16. The molecule has 0 saturated carbocycles. The molecule has 2 rings (SSSR count). The van der Waals surface area contributed by atoms with Gasteiger partial charge in [-0.05, 0) is 38.8 Å². The predicted octanol–water partition coefficient (Wildman–Crippen LogP) is 0.434. The molecule has 5 heteroatoms. The van der Waals surface area contributed by atoms with Gasteiger partial charge in [0.2, 0.25) is 5.91 Å². The Hall–Kier alpha value is -0.650. The van der Waals surface area contributed by atoms with Gasteiger partial charge in [0.1, 0.15) is 0 Å². The Morgan fingerprint density at radius 2 is 1.95 bits per heavy atom. The van der Waals surface area contributed by atoms with E-state index in [0.717, 1.165) is 51.9 Å². The van der Waals surface area contributed by atoms with E-state index in [4.69, 9.17) is 0 Å². The lowest BCUT2D eigenvalue weighted by Crippen LogP contribution is -2.50. The van der Waals surface area contributed by atoms with Gasteiger partial charge in [-0.25, -0.2) is 0 Å². The minimum Gasteiger partial charge on any atom is -0.395 e. The summed E-state index contributed by atoms with van der Waals surface area (Å²) in [4.78, 5) is 16.7. The number of likely N-dealkylation sites (tertiary alicyclic amines) is 2. The maximum Gasteiger partial charge on any atom is 0.234 e. The number of nitrogens with one attached hydrogen (secondary N) is 1. The first-order chi connectivity index (χ1) is 9.72. The van der Waals surface area contributed by atoms with Crippen LogP contribution in [0.2, 0.25) is 0 Å². The van der Waals surface area contributed by atoms with Crippen LogP contribution >= 0.6 is 0 Å². The molecule has 1 amide bonds. The molecule has 2 aliphatic rings. The molecule has 0 aromatic rings. The zero-order valence-electron chi connectivity index (χ0n) is 12.7. The fourth-order valence-corrected chi connectivity index (χ4v) is 3.33. The second-order valence-electron chi connectivity index (χ2n) is 6.08. The first-order valence-electron chi connectivity index (χ1n) is 8.09. The molecule has 1 atom stereocenters. The number of carbonyl (C=O) groups is 1. The van der Waals surface area contributed by atoms with E-state index in [1.807, 2.05) is 0 Å². The highest BCUT2D eigenvalue weighted by molar-refractivity contribution is 5.78. The topological polar surface area (TPSA) is 55.8 Å². The van der Waals surface area contributed by atoms with Gasteiger partial charge >= 0.3 is 0 Å². The lowest BCUT2D eigenvalue weighted by molar-refractivity contribution is -0.124. The SMILES string of the molecule is CCN1CCC(NC(=O)CN2CCCCC2CO)CC1. The third-order valence-corrected chi connectivity index (χ3v) is 4.71. The van der Waals surface area contributed by atoms with Crippen LogP contribution in [0.5, 0.6) is 0 Å². The molecule has 5 nitrogen and oxygen atoms in total. The molecule has 1 unspecified atom stereocenters. The second-order valence-corrected chi connectivity index (χ2v) is 6.08. The Bertz CT molecular complexity index is 303. The Morgan fingerprint density at radius 1 is 1.20 bits per heavy atom. The molecule has 2 heterocycles. The normalized spacial score (nSPS) is 26.6. The molecule has 2 aliphatic heterocycles. The van der Waals surface area contributed by atoms with Crippen molar-refractivity contribution in [2.45, 2.75) is 51.1 Å². The van der Waals surface area contributed by atoms with Crippen molar-refractivity contribution in [3.8, 4) is 0 Å². The van der Waals surface area contributed by atoms with Crippen molar-refractivity contribution in [1.29, 1.82) is 0 Å². The fraction of sp³-hybridized carbons (Fsp3) is 0.933. The maximum atomic E-state index is 12.1. The summed E-state index contributed by atoms with van der Waals surface area (Å²) in [6.45, 7) is 7.01. The number of aliphatic hydroxyl groups excluding tert-OH is 1. The van der Waals surface area contributed by atoms with Gasteiger partial charge in [-0.3, -0.25) is 9.69 Å². The largest absolute Gasteiger partial charge is 0.395 e. The molecule has 2 N–H and O–H groups in total. The molecular weight excluding hydrogens is 254 g/mol. The summed E-state index contributed by atoms with van der Waals surface area (Å²) in [6.07, 6.45) is 5.43. The van der Waals surface area contributed by atoms with Crippen molar-refractivity contribution in [1.82, 2.24) is 15.1 Å². The number of aliphatic hydroxyl groups is 1. The molecule has 20 heavy (non-hydrogen) atoms. The van der Waals surface area contributed by atoms with Crippen molar-refractivity contribution < 1.29 is 9.90 Å². The molecule has 0 radical (unpaired) electrons. The number of hydrogen-bond donors (Lipinski definition) is 2. The number of amides is 1. The molecule has 0 aliphatic carbocycles. The molecule has 0 aromatic heterocycles. The molecule has 0 bridgehead atoms. The fourth-order valence-electron chi connectivity index (χ4n) is 3.33. The smallest absolute Gasteiger partial charge is 0.234 e. The summed E-state index contributed by atoms with van der Waals surface area (Å²) in [5.41, 5.74) is 0. The summed E-state index contributed by atoms with van der Waals surface area (Å²) in [6, 6.07) is 0.513. The van der Waals surface area contributed by atoms with Crippen LogP contribution in [0.25, 0.3) is 0 Å². The van der Waals surface area contributed by atoms with Crippen molar-refractivity contribution >= 4 is 5.91 Å². The third-order valence-electron chi connectivity index (χ3n) is 4.71. The highest BCUT2D eigenvalue weighted by atomic mass is 16.3. The van der Waals surface area contributed by atoms with Crippen molar-refractivity contribution in [2.24, 2.45) is 0 Å². The van der Waals surface area contributed by atoms with Gasteiger partial charge in [0.25, 0.3) is 0 Å². The summed E-state index contributed by atoms with van der Waals surface area (Å²) < 4.78 is 0. The number of hydrogen-bond acceptors (Lipinski definition) is 4. The maximum absolute atomic E-state index is 12.1.